The van der Waals surface area contributed by atoms with E-state index in [0.717, 1.165) is 0 Å². The van der Waals surface area contributed by atoms with Crippen molar-refractivity contribution in [3.05, 3.63) is 45.7 Å². The summed E-state index contributed by atoms with van der Waals surface area (Å²) in [5.41, 5.74) is 1.27. The summed E-state index contributed by atoms with van der Waals surface area (Å²) in [7, 11) is 2.85. The molecule has 5 rings (SSSR count). The van der Waals surface area contributed by atoms with Crippen LogP contribution < -0.4 is 5.73 Å². The lowest BCUT2D eigenvalue weighted by atomic mass is 9.54. The zero-order valence-corrected chi connectivity index (χ0v) is 23.7. The van der Waals surface area contributed by atoms with Crippen molar-refractivity contribution >= 4 is 23.2 Å². The number of benzene rings is 1. The first-order valence-electron chi connectivity index (χ1n) is 13.9. The zero-order valence-electron chi connectivity index (χ0n) is 23.7. The molecule has 14 heteroatoms. The fraction of sp³-hybridized carbons (Fsp3) is 0.552. The van der Waals surface area contributed by atoms with Crippen molar-refractivity contribution in [2.75, 3.05) is 27.2 Å². The smallest absolute Gasteiger partial charge is 0.391 e. The highest BCUT2D eigenvalue weighted by Crippen LogP contribution is 2.56. The average Bonchev–Trinajstić information content (AvgIpc) is 2.91. The number of phenols is 1. The van der Waals surface area contributed by atoms with Crippen molar-refractivity contribution in [3.8, 4) is 5.75 Å². The Morgan fingerprint density at radius 1 is 1.14 bits per heavy atom. The maximum atomic E-state index is 14.1. The second-order valence-corrected chi connectivity index (χ2v) is 12.2. The number of halogens is 3. The van der Waals surface area contributed by atoms with Gasteiger partial charge in [-0.15, -0.1) is 0 Å². The van der Waals surface area contributed by atoms with Crippen LogP contribution in [0.2, 0.25) is 0 Å². The number of nitrogens with two attached hydrogens (primary N) is 1. The third-order valence-electron chi connectivity index (χ3n) is 9.66. The monoisotopic (exact) mass is 609 g/mol. The Balaban J connectivity index is 1.59. The molecule has 7 N–H and O–H groups in total. The largest absolute Gasteiger partial charge is 0.508 e. The number of ketones is 2. The number of alkyl halides is 3. The average molecular weight is 610 g/mol. The number of rotatable bonds is 4. The van der Waals surface area contributed by atoms with Crippen molar-refractivity contribution in [2.24, 2.45) is 23.5 Å². The summed E-state index contributed by atoms with van der Waals surface area (Å²) in [5, 5.41) is 57.1. The molecule has 1 amide bonds. The number of fused-ring (bicyclic) bond motifs is 3. The molecule has 4 aliphatic rings. The van der Waals surface area contributed by atoms with Gasteiger partial charge in [-0.05, 0) is 51.5 Å². The van der Waals surface area contributed by atoms with Crippen LogP contribution in [-0.4, -0.2) is 104 Å². The number of aliphatic hydroxyl groups is 4. The van der Waals surface area contributed by atoms with Gasteiger partial charge in [-0.25, -0.2) is 0 Å². The lowest BCUT2D eigenvalue weighted by Gasteiger charge is -2.53. The van der Waals surface area contributed by atoms with E-state index in [-0.39, 0.29) is 43.6 Å². The summed E-state index contributed by atoms with van der Waals surface area (Å²) < 4.78 is 39.3. The molecule has 0 radical (unpaired) electrons. The van der Waals surface area contributed by atoms with Gasteiger partial charge in [0.05, 0.1) is 29.5 Å². The van der Waals surface area contributed by atoms with E-state index in [2.05, 4.69) is 0 Å². The van der Waals surface area contributed by atoms with E-state index < -0.39 is 93.5 Å². The van der Waals surface area contributed by atoms with E-state index in [9.17, 15) is 53.1 Å². The molecule has 43 heavy (non-hydrogen) atoms. The number of amides is 1. The standard InChI is InChI=1S/C29H34F3N3O8/c1-11-14-5-4-12(10-35-8-6-13(7-9-35)29(30,31)32)21(36)16(14)22(37)17-15(11)23(38)19-20(34(2)3)24(39)18(27(33)42)26(41)28(19,43)25(17)40/h4-5,11,13,15,19-20,23,36-38,41,43H,6-10H2,1-3H3,(H2,33,42)/t11-,15+,19+,20-,23?,28-/m0/s1. The highest BCUT2D eigenvalue weighted by molar-refractivity contribution is 6.24. The van der Waals surface area contributed by atoms with Crippen LogP contribution >= 0.6 is 0 Å². The van der Waals surface area contributed by atoms with Gasteiger partial charge in [-0.3, -0.25) is 24.2 Å². The number of hydrogen-bond donors (Lipinski definition) is 6. The highest BCUT2D eigenvalue weighted by atomic mass is 19.4. The Morgan fingerprint density at radius 2 is 1.74 bits per heavy atom. The number of aliphatic hydroxyl groups excluding tert-OH is 3. The first-order valence-corrected chi connectivity index (χ1v) is 13.9. The number of likely N-dealkylation sites (N-methyl/N-ethyl adjacent to an activating group) is 1. The molecule has 2 fully saturated rings. The van der Waals surface area contributed by atoms with E-state index in [0.29, 0.717) is 5.56 Å². The summed E-state index contributed by atoms with van der Waals surface area (Å²) in [6.45, 7) is 1.94. The molecule has 1 saturated carbocycles. The van der Waals surface area contributed by atoms with Crippen molar-refractivity contribution in [1.82, 2.24) is 9.80 Å². The van der Waals surface area contributed by atoms with Crippen molar-refractivity contribution in [2.45, 2.75) is 56.2 Å². The van der Waals surface area contributed by atoms with E-state index in [1.807, 2.05) is 0 Å². The third-order valence-corrected chi connectivity index (χ3v) is 9.66. The normalized spacial score (nSPS) is 32.2. The van der Waals surface area contributed by atoms with Crippen LogP contribution in [0.15, 0.2) is 29.0 Å². The fourth-order valence-electron chi connectivity index (χ4n) is 7.45. The third kappa shape index (κ3) is 4.45. The Hall–Kier alpha value is -3.46. The first-order chi connectivity index (χ1) is 19.9. The first kappa shape index (κ1) is 31.0. The minimum atomic E-state index is -4.29. The van der Waals surface area contributed by atoms with Crippen LogP contribution in [0.5, 0.6) is 5.75 Å². The van der Waals surface area contributed by atoms with Crippen LogP contribution in [0.4, 0.5) is 13.2 Å². The molecule has 1 unspecified atom stereocenters. The Kier molecular flexibility index (Phi) is 7.44. The summed E-state index contributed by atoms with van der Waals surface area (Å²) in [6.07, 6.45) is -6.19. The van der Waals surface area contributed by atoms with E-state index in [4.69, 9.17) is 5.73 Å². The molecular weight excluding hydrogens is 575 g/mol. The number of nitrogens with zero attached hydrogens (tertiary/aromatic N) is 2. The zero-order chi connectivity index (χ0) is 31.9. The van der Waals surface area contributed by atoms with Crippen LogP contribution in [0.25, 0.3) is 5.76 Å². The molecule has 3 aliphatic carbocycles. The fourth-order valence-corrected chi connectivity index (χ4v) is 7.45. The maximum absolute atomic E-state index is 14.1. The Morgan fingerprint density at radius 3 is 2.28 bits per heavy atom. The minimum absolute atomic E-state index is 0.0603. The molecule has 234 valence electrons. The van der Waals surface area contributed by atoms with Gasteiger partial charge < -0.3 is 31.3 Å². The van der Waals surface area contributed by atoms with Crippen LogP contribution in [0, 0.1) is 17.8 Å². The number of likely N-dealkylation sites (tertiary alicyclic amines) is 1. The van der Waals surface area contributed by atoms with Gasteiger partial charge in [0.2, 0.25) is 5.78 Å². The second-order valence-electron chi connectivity index (χ2n) is 12.2. The van der Waals surface area contributed by atoms with Crippen LogP contribution in [0.1, 0.15) is 42.4 Å². The quantitative estimate of drug-likeness (QED) is 0.272. The topological polar surface area (TPSA) is 185 Å². The molecule has 1 aromatic rings. The van der Waals surface area contributed by atoms with E-state index >= 15 is 0 Å². The van der Waals surface area contributed by atoms with Crippen molar-refractivity contribution in [1.29, 1.82) is 0 Å². The van der Waals surface area contributed by atoms with Crippen molar-refractivity contribution in [3.63, 3.8) is 0 Å². The minimum Gasteiger partial charge on any atom is -0.508 e. The predicted molar refractivity (Wildman–Crippen MR) is 144 cm³/mol. The second kappa shape index (κ2) is 10.3. The number of carbonyl (C=O) groups excluding carboxylic acids is 3. The number of piperidine rings is 1. The van der Waals surface area contributed by atoms with Gasteiger partial charge in [0.1, 0.15) is 22.8 Å². The number of hydrogen-bond acceptors (Lipinski definition) is 10. The molecule has 6 atom stereocenters. The van der Waals surface area contributed by atoms with Crippen LogP contribution in [-0.2, 0) is 20.9 Å². The van der Waals surface area contributed by atoms with Gasteiger partial charge in [-0.2, -0.15) is 13.2 Å². The molecule has 1 saturated heterocycles. The molecule has 1 aliphatic heterocycles. The number of primary amides is 1. The molecule has 0 bridgehead atoms. The molecular formula is C29H34F3N3O8. The number of carbonyl (C=O) groups is 3. The van der Waals surface area contributed by atoms with Gasteiger partial charge >= 0.3 is 6.18 Å². The van der Waals surface area contributed by atoms with Gasteiger partial charge in [0.25, 0.3) is 5.91 Å². The van der Waals surface area contributed by atoms with E-state index in [1.54, 1.807) is 24.0 Å². The molecule has 0 aromatic heterocycles. The highest BCUT2D eigenvalue weighted by Gasteiger charge is 2.68. The summed E-state index contributed by atoms with van der Waals surface area (Å²) in [5.74, 6) is -11.2. The van der Waals surface area contributed by atoms with Gasteiger partial charge in [-0.1, -0.05) is 19.1 Å². The predicted octanol–water partition coefficient (Wildman–Crippen LogP) is 1.27. The summed E-state index contributed by atoms with van der Waals surface area (Å²) in [6, 6.07) is 1.70. The van der Waals surface area contributed by atoms with E-state index in [1.165, 1.54) is 19.0 Å². The molecule has 11 nitrogen and oxygen atoms in total. The molecule has 1 aromatic carbocycles. The Bertz CT molecular complexity index is 1460. The molecule has 0 spiro atoms. The number of phenolic OH excluding ortho intramolecular Hbond substituents is 1. The summed E-state index contributed by atoms with van der Waals surface area (Å²) in [4.78, 5) is 42.5. The lowest BCUT2D eigenvalue weighted by molar-refractivity contribution is -0.185. The van der Waals surface area contributed by atoms with Crippen LogP contribution in [0.3, 0.4) is 0 Å². The Labute approximate surface area is 244 Å². The number of Topliss-reactive ketones (excluding diaryl/α,β-unsaturated/α-hetero) is 2. The summed E-state index contributed by atoms with van der Waals surface area (Å²) >= 11 is 0. The van der Waals surface area contributed by atoms with Gasteiger partial charge in [0.15, 0.2) is 11.4 Å². The van der Waals surface area contributed by atoms with Gasteiger partial charge in [0, 0.05) is 23.6 Å². The number of aromatic hydroxyl groups is 1. The maximum Gasteiger partial charge on any atom is 0.391 e. The lowest BCUT2D eigenvalue weighted by Crippen LogP contribution is -2.70. The SMILES string of the molecule is C[C@H]1c2ccc(CN3CCC(C(F)(F)F)CC3)c(O)c2C(O)=C2C(=O)[C@]3(O)C(O)=C(C(N)=O)C(=O)[C@@H](N(C)C)[C@@H]3C(O)[C@@H]21. The van der Waals surface area contributed by atoms with Crippen molar-refractivity contribution < 1.29 is 53.1 Å². The molecule has 1 heterocycles.